The van der Waals surface area contributed by atoms with E-state index in [9.17, 15) is 14.4 Å². The van der Waals surface area contributed by atoms with Crippen LogP contribution in [0.2, 0.25) is 0 Å². The number of nitrogens with zero attached hydrogens (tertiary/aromatic N) is 3. The first-order valence-electron chi connectivity index (χ1n) is 10.4. The lowest BCUT2D eigenvalue weighted by atomic mass is 9.75. The summed E-state index contributed by atoms with van der Waals surface area (Å²) in [5, 5.41) is 13.9. The Hall–Kier alpha value is -2.25. The molecule has 1 unspecified atom stereocenters. The van der Waals surface area contributed by atoms with Gasteiger partial charge in [0.15, 0.2) is 0 Å². The molecule has 1 saturated carbocycles. The number of halogens is 1. The van der Waals surface area contributed by atoms with Crippen molar-refractivity contribution < 1.29 is 14.4 Å². The molecule has 7 heteroatoms. The highest BCUT2D eigenvalue weighted by Gasteiger charge is 2.48. The number of amides is 1. The van der Waals surface area contributed by atoms with Crippen molar-refractivity contribution >= 4 is 5.91 Å². The first-order valence-corrected chi connectivity index (χ1v) is 10.4. The van der Waals surface area contributed by atoms with Crippen LogP contribution in [0.4, 0.5) is 4.39 Å². The van der Waals surface area contributed by atoms with Gasteiger partial charge in [-0.05, 0) is 68.0 Å². The molecule has 3 rings (SSSR count). The maximum Gasteiger partial charge on any atom is 0.254 e. The van der Waals surface area contributed by atoms with E-state index in [1.807, 2.05) is 16.4 Å². The third-order valence-electron chi connectivity index (χ3n) is 6.50. The molecule has 1 aromatic heterocycles. The summed E-state index contributed by atoms with van der Waals surface area (Å²) in [4.78, 5) is 15.1. The molecule has 2 atom stereocenters. The van der Waals surface area contributed by atoms with Crippen LogP contribution in [0.15, 0.2) is 30.6 Å². The van der Waals surface area contributed by atoms with Gasteiger partial charge >= 0.3 is 0 Å². The van der Waals surface area contributed by atoms with Crippen LogP contribution in [-0.2, 0) is 16.8 Å². The van der Waals surface area contributed by atoms with Gasteiger partial charge in [-0.15, -0.1) is 0 Å². The summed E-state index contributed by atoms with van der Waals surface area (Å²) < 4.78 is 16.1. The molecule has 1 aliphatic carbocycles. The van der Waals surface area contributed by atoms with E-state index in [1.165, 1.54) is 6.07 Å². The Morgan fingerprint density at radius 2 is 2.17 bits per heavy atom. The summed E-state index contributed by atoms with van der Waals surface area (Å²) in [6.07, 6.45) is 5.79. The third-order valence-corrected chi connectivity index (χ3v) is 6.50. The Bertz CT molecular complexity index is 849. The van der Waals surface area contributed by atoms with Gasteiger partial charge in [0.1, 0.15) is 5.82 Å². The molecule has 1 amide bonds. The molecule has 0 aliphatic heterocycles. The minimum atomic E-state index is -0.936. The molecule has 1 aromatic carbocycles. The summed E-state index contributed by atoms with van der Waals surface area (Å²) in [6, 6.07) is 4.82. The second-order valence-electron chi connectivity index (χ2n) is 7.94. The van der Waals surface area contributed by atoms with Crippen LogP contribution in [0.25, 0.3) is 0 Å². The van der Waals surface area contributed by atoms with Crippen molar-refractivity contribution in [3.05, 3.63) is 53.1 Å². The molecule has 29 heavy (non-hydrogen) atoms. The van der Waals surface area contributed by atoms with Gasteiger partial charge in [0.25, 0.3) is 5.91 Å². The van der Waals surface area contributed by atoms with Gasteiger partial charge in [0.05, 0.1) is 18.2 Å². The lowest BCUT2D eigenvalue weighted by Gasteiger charge is -2.29. The van der Waals surface area contributed by atoms with Crippen molar-refractivity contribution in [3.8, 4) is 0 Å². The molecule has 0 radical (unpaired) electrons. The number of hydrogen-bond acceptors (Lipinski definition) is 4. The minimum absolute atomic E-state index is 0.136. The molecule has 1 aliphatic rings. The van der Waals surface area contributed by atoms with E-state index in [-0.39, 0.29) is 11.7 Å². The van der Waals surface area contributed by atoms with Gasteiger partial charge in [0.2, 0.25) is 0 Å². The molecule has 0 spiro atoms. The largest absolute Gasteiger partial charge is 0.302 e. The number of hydroxylamine groups is 1. The van der Waals surface area contributed by atoms with Crippen LogP contribution in [0.5, 0.6) is 0 Å². The van der Waals surface area contributed by atoms with E-state index >= 15 is 0 Å². The molecule has 158 valence electrons. The van der Waals surface area contributed by atoms with Crippen molar-refractivity contribution in [2.75, 3.05) is 19.6 Å². The average Bonchev–Trinajstić information content (AvgIpc) is 3.38. The number of benzene rings is 1. The van der Waals surface area contributed by atoms with E-state index in [2.05, 4.69) is 30.0 Å². The smallest absolute Gasteiger partial charge is 0.254 e. The SMILES string of the molecule is CCN(CC)CCn1cc(C2CC[C@@](C(=O)NO)(c3cccc(F)c3C)C2)cn1. The fourth-order valence-corrected chi connectivity index (χ4v) is 4.63. The predicted octanol–water partition coefficient (Wildman–Crippen LogP) is 3.38. The molecule has 6 nitrogen and oxygen atoms in total. The number of rotatable bonds is 8. The summed E-state index contributed by atoms with van der Waals surface area (Å²) in [5.74, 6) is -0.667. The maximum absolute atomic E-state index is 14.2. The minimum Gasteiger partial charge on any atom is -0.302 e. The summed E-state index contributed by atoms with van der Waals surface area (Å²) in [6.45, 7) is 9.78. The normalized spacial score (nSPS) is 21.7. The van der Waals surface area contributed by atoms with E-state index in [4.69, 9.17) is 0 Å². The van der Waals surface area contributed by atoms with E-state index in [1.54, 1.807) is 19.1 Å². The van der Waals surface area contributed by atoms with Gasteiger partial charge in [-0.2, -0.15) is 5.10 Å². The van der Waals surface area contributed by atoms with Gasteiger partial charge in [-0.1, -0.05) is 26.0 Å². The van der Waals surface area contributed by atoms with Crippen LogP contribution >= 0.6 is 0 Å². The number of carbonyl (C=O) groups is 1. The van der Waals surface area contributed by atoms with Gasteiger partial charge in [-0.3, -0.25) is 14.7 Å². The van der Waals surface area contributed by atoms with E-state index in [0.29, 0.717) is 24.0 Å². The van der Waals surface area contributed by atoms with Gasteiger partial charge in [0, 0.05) is 12.7 Å². The quantitative estimate of drug-likeness (QED) is 0.525. The molecule has 2 N–H and O–H groups in total. The van der Waals surface area contributed by atoms with Crippen LogP contribution in [0, 0.1) is 12.7 Å². The number of hydrogen-bond donors (Lipinski definition) is 2. The van der Waals surface area contributed by atoms with Crippen LogP contribution < -0.4 is 5.48 Å². The van der Waals surface area contributed by atoms with Crippen LogP contribution in [0.1, 0.15) is 55.7 Å². The lowest BCUT2D eigenvalue weighted by molar-refractivity contribution is -0.135. The highest BCUT2D eigenvalue weighted by Crippen LogP contribution is 2.49. The Morgan fingerprint density at radius 3 is 2.86 bits per heavy atom. The zero-order valence-corrected chi connectivity index (χ0v) is 17.5. The number of likely N-dealkylation sites (N-methyl/N-ethyl adjacent to an activating group) is 1. The Labute approximate surface area is 171 Å². The average molecular weight is 403 g/mol. The number of aromatic nitrogens is 2. The molecule has 1 heterocycles. The highest BCUT2D eigenvalue weighted by molar-refractivity contribution is 5.88. The summed E-state index contributed by atoms with van der Waals surface area (Å²) in [5.41, 5.74) is 3.10. The van der Waals surface area contributed by atoms with Crippen molar-refractivity contribution in [2.24, 2.45) is 0 Å². The van der Waals surface area contributed by atoms with Gasteiger partial charge in [-0.25, -0.2) is 9.87 Å². The first-order chi connectivity index (χ1) is 13.9. The number of carbonyl (C=O) groups excluding carboxylic acids is 1. The third kappa shape index (κ3) is 4.21. The zero-order valence-electron chi connectivity index (χ0n) is 17.5. The Kier molecular flexibility index (Phi) is 6.70. The molecular weight excluding hydrogens is 371 g/mol. The van der Waals surface area contributed by atoms with Crippen molar-refractivity contribution in [2.45, 2.75) is 57.9 Å². The summed E-state index contributed by atoms with van der Waals surface area (Å²) >= 11 is 0. The Morgan fingerprint density at radius 1 is 1.41 bits per heavy atom. The van der Waals surface area contributed by atoms with E-state index in [0.717, 1.165) is 38.2 Å². The standard InChI is InChI=1S/C22H31FN4O2/c1-4-26(5-2)11-12-27-15-18(14-24-27)17-9-10-22(13-17,21(28)25-29)19-7-6-8-20(23)16(19)3/h6-8,14-15,17,29H,4-5,9-13H2,1-3H3,(H,25,28)/t17?,22-/m0/s1. The lowest BCUT2D eigenvalue weighted by Crippen LogP contribution is -2.42. The maximum atomic E-state index is 14.2. The second-order valence-corrected chi connectivity index (χ2v) is 7.94. The molecular formula is C22H31FN4O2. The topological polar surface area (TPSA) is 70.4 Å². The fraction of sp³-hybridized carbons (Fsp3) is 0.545. The zero-order chi connectivity index (χ0) is 21.0. The molecule has 0 saturated heterocycles. The fourth-order valence-electron chi connectivity index (χ4n) is 4.63. The van der Waals surface area contributed by atoms with Crippen molar-refractivity contribution in [1.82, 2.24) is 20.2 Å². The van der Waals surface area contributed by atoms with E-state index < -0.39 is 11.3 Å². The Balaban J connectivity index is 1.81. The molecule has 2 aromatic rings. The molecule has 0 bridgehead atoms. The molecule has 1 fully saturated rings. The van der Waals surface area contributed by atoms with Crippen LogP contribution in [-0.4, -0.2) is 45.4 Å². The van der Waals surface area contributed by atoms with Crippen molar-refractivity contribution in [3.63, 3.8) is 0 Å². The monoisotopic (exact) mass is 402 g/mol. The van der Waals surface area contributed by atoms with Gasteiger partial charge < -0.3 is 4.90 Å². The van der Waals surface area contributed by atoms with Crippen LogP contribution in [0.3, 0.4) is 0 Å². The number of nitrogens with one attached hydrogen (secondary N) is 1. The highest BCUT2D eigenvalue weighted by atomic mass is 19.1. The predicted molar refractivity (Wildman–Crippen MR) is 109 cm³/mol. The summed E-state index contributed by atoms with van der Waals surface area (Å²) in [7, 11) is 0. The second kappa shape index (κ2) is 9.05. The first kappa shape index (κ1) is 21.5. The van der Waals surface area contributed by atoms with Crippen molar-refractivity contribution in [1.29, 1.82) is 0 Å².